The van der Waals surface area contributed by atoms with Crippen LogP contribution >= 0.6 is 0 Å². The van der Waals surface area contributed by atoms with E-state index in [1.165, 1.54) is 98.7 Å². The zero-order valence-corrected chi connectivity index (χ0v) is 30.1. The van der Waals surface area contributed by atoms with E-state index in [1.807, 2.05) is 0 Å². The standard InChI is InChI=1S/C54H35N/c1-4-18-35(19-5-1)38-29-16-32-46(51(38)45-31-17-30-44-41-25-11-10-24-39(41)40-26-12-13-28-43(40)52(44)45)53-50(37-22-8-3-9-23-37)47(36-20-6-2-7-21-36)34-48-42-27-14-15-33-49(42)55-54(48)53/h1-34,55H. The molecule has 1 nitrogen and oxygen atoms in total. The molecule has 0 unspecified atom stereocenters. The van der Waals surface area contributed by atoms with Crippen LogP contribution in [0.5, 0.6) is 0 Å². The Hall–Kier alpha value is -7.22. The normalized spacial score (nSPS) is 11.6. The van der Waals surface area contributed by atoms with E-state index in [0.29, 0.717) is 0 Å². The van der Waals surface area contributed by atoms with Gasteiger partial charge in [-0.2, -0.15) is 0 Å². The molecule has 0 amide bonds. The molecule has 1 N–H and O–H groups in total. The van der Waals surface area contributed by atoms with Crippen LogP contribution in [0.15, 0.2) is 206 Å². The van der Waals surface area contributed by atoms with Gasteiger partial charge in [0.15, 0.2) is 0 Å². The monoisotopic (exact) mass is 697 g/mol. The Morgan fingerprint density at radius 3 is 1.36 bits per heavy atom. The molecule has 11 rings (SSSR count). The number of para-hydroxylation sites is 1. The van der Waals surface area contributed by atoms with E-state index >= 15 is 0 Å². The van der Waals surface area contributed by atoms with Crippen molar-refractivity contribution in [3.63, 3.8) is 0 Å². The highest BCUT2D eigenvalue weighted by molar-refractivity contribution is 6.30. The zero-order valence-electron chi connectivity index (χ0n) is 30.1. The molecule has 1 heterocycles. The van der Waals surface area contributed by atoms with Crippen molar-refractivity contribution in [2.75, 3.05) is 0 Å². The fraction of sp³-hybridized carbons (Fsp3) is 0. The molecule has 0 aliphatic heterocycles. The van der Waals surface area contributed by atoms with Gasteiger partial charge in [-0.25, -0.2) is 0 Å². The second-order valence-corrected chi connectivity index (χ2v) is 14.4. The quantitative estimate of drug-likeness (QED) is 0.172. The minimum atomic E-state index is 1.13. The average Bonchev–Trinajstić information content (AvgIpc) is 3.64. The summed E-state index contributed by atoms with van der Waals surface area (Å²) in [7, 11) is 0. The van der Waals surface area contributed by atoms with Crippen molar-refractivity contribution in [2.24, 2.45) is 0 Å². The Kier molecular flexibility index (Phi) is 7.25. The first kappa shape index (κ1) is 31.3. The lowest BCUT2D eigenvalue weighted by Crippen LogP contribution is -1.97. The van der Waals surface area contributed by atoms with Crippen LogP contribution in [0.1, 0.15) is 0 Å². The van der Waals surface area contributed by atoms with E-state index < -0.39 is 0 Å². The van der Waals surface area contributed by atoms with Crippen molar-refractivity contribution in [1.29, 1.82) is 0 Å². The summed E-state index contributed by atoms with van der Waals surface area (Å²) in [6.45, 7) is 0. The maximum atomic E-state index is 3.96. The number of hydrogen-bond acceptors (Lipinski definition) is 0. The van der Waals surface area contributed by atoms with E-state index in [0.717, 1.165) is 11.0 Å². The van der Waals surface area contributed by atoms with E-state index in [9.17, 15) is 0 Å². The largest absolute Gasteiger partial charge is 0.354 e. The van der Waals surface area contributed by atoms with Gasteiger partial charge in [0.2, 0.25) is 0 Å². The van der Waals surface area contributed by atoms with Gasteiger partial charge in [-0.15, -0.1) is 0 Å². The second-order valence-electron chi connectivity index (χ2n) is 14.4. The van der Waals surface area contributed by atoms with E-state index in [4.69, 9.17) is 0 Å². The maximum absolute atomic E-state index is 3.96. The molecular weight excluding hydrogens is 663 g/mol. The summed E-state index contributed by atoms with van der Waals surface area (Å²) < 4.78 is 0. The van der Waals surface area contributed by atoms with E-state index in [2.05, 4.69) is 211 Å². The number of H-pyrrole nitrogens is 1. The highest BCUT2D eigenvalue weighted by Gasteiger charge is 2.26. The molecule has 11 aromatic rings. The zero-order chi connectivity index (χ0) is 36.3. The number of nitrogens with one attached hydrogen (secondary N) is 1. The van der Waals surface area contributed by atoms with Gasteiger partial charge in [0.1, 0.15) is 0 Å². The number of aromatic nitrogens is 1. The molecule has 0 saturated heterocycles. The Bertz CT molecular complexity index is 3180. The van der Waals surface area contributed by atoms with Gasteiger partial charge in [-0.1, -0.05) is 194 Å². The minimum Gasteiger partial charge on any atom is -0.354 e. The molecule has 0 saturated carbocycles. The highest BCUT2D eigenvalue weighted by Crippen LogP contribution is 2.52. The summed E-state index contributed by atoms with van der Waals surface area (Å²) in [5.74, 6) is 0. The van der Waals surface area contributed by atoms with Gasteiger partial charge in [0.05, 0.1) is 5.52 Å². The van der Waals surface area contributed by atoms with Gasteiger partial charge in [0.25, 0.3) is 0 Å². The molecule has 0 fully saturated rings. The van der Waals surface area contributed by atoms with Crippen LogP contribution < -0.4 is 0 Å². The van der Waals surface area contributed by atoms with E-state index in [1.54, 1.807) is 0 Å². The third kappa shape index (κ3) is 4.94. The van der Waals surface area contributed by atoms with Crippen LogP contribution in [0.25, 0.3) is 110 Å². The summed E-state index contributed by atoms with van der Waals surface area (Å²) in [5, 5.41) is 10.1. The molecule has 0 aliphatic rings. The van der Waals surface area contributed by atoms with Crippen LogP contribution in [0.3, 0.4) is 0 Å². The first-order chi connectivity index (χ1) is 27.3. The number of rotatable bonds is 5. The summed E-state index contributed by atoms with van der Waals surface area (Å²) in [4.78, 5) is 3.96. The molecule has 256 valence electrons. The SMILES string of the molecule is c1ccc(-c2cccc(-c3c(-c4ccccc4)c(-c4ccccc4)cc4c3[nH]c3ccccc34)c2-c2cccc3c4ccccc4c4ccccc4c23)cc1. The number of fused-ring (bicyclic) bond motifs is 9. The molecule has 0 atom stereocenters. The third-order valence-electron chi connectivity index (χ3n) is 11.4. The molecule has 0 bridgehead atoms. The second kappa shape index (κ2) is 12.7. The molecule has 0 radical (unpaired) electrons. The molecule has 1 heteroatoms. The van der Waals surface area contributed by atoms with Crippen molar-refractivity contribution in [2.45, 2.75) is 0 Å². The predicted molar refractivity (Wildman–Crippen MR) is 236 cm³/mol. The van der Waals surface area contributed by atoms with Crippen molar-refractivity contribution in [3.05, 3.63) is 206 Å². The Morgan fingerprint density at radius 2 is 0.709 bits per heavy atom. The van der Waals surface area contributed by atoms with Gasteiger partial charge in [-0.05, 0) is 94.5 Å². The molecular formula is C54H35N. The number of benzene rings is 10. The molecule has 1 aromatic heterocycles. The third-order valence-corrected chi connectivity index (χ3v) is 11.4. The molecule has 10 aromatic carbocycles. The van der Waals surface area contributed by atoms with Gasteiger partial charge >= 0.3 is 0 Å². The summed E-state index contributed by atoms with van der Waals surface area (Å²) in [5.41, 5.74) is 14.3. The van der Waals surface area contributed by atoms with Crippen molar-refractivity contribution in [1.82, 2.24) is 4.98 Å². The Balaban J connectivity index is 1.38. The maximum Gasteiger partial charge on any atom is 0.0551 e. The molecule has 0 aliphatic carbocycles. The van der Waals surface area contributed by atoms with Crippen LogP contribution in [0, 0.1) is 0 Å². The summed E-state index contributed by atoms with van der Waals surface area (Å²) in [6.07, 6.45) is 0. The van der Waals surface area contributed by atoms with Gasteiger partial charge in [-0.3, -0.25) is 0 Å². The number of hydrogen-bond donors (Lipinski definition) is 1. The predicted octanol–water partition coefficient (Wildman–Crippen LogP) is 15.1. The topological polar surface area (TPSA) is 15.8 Å². The lowest BCUT2D eigenvalue weighted by atomic mass is 9.80. The lowest BCUT2D eigenvalue weighted by molar-refractivity contribution is 1.52. The molecule has 55 heavy (non-hydrogen) atoms. The summed E-state index contributed by atoms with van der Waals surface area (Å²) >= 11 is 0. The molecule has 0 spiro atoms. The fourth-order valence-corrected chi connectivity index (χ4v) is 9.08. The van der Waals surface area contributed by atoms with Crippen LogP contribution in [0.4, 0.5) is 0 Å². The first-order valence-electron chi connectivity index (χ1n) is 19.0. The van der Waals surface area contributed by atoms with Crippen LogP contribution in [-0.4, -0.2) is 4.98 Å². The Labute approximate surface area is 319 Å². The van der Waals surface area contributed by atoms with Crippen molar-refractivity contribution >= 4 is 54.1 Å². The number of aromatic amines is 1. The van der Waals surface area contributed by atoms with Crippen molar-refractivity contribution < 1.29 is 0 Å². The fourth-order valence-electron chi connectivity index (χ4n) is 9.08. The van der Waals surface area contributed by atoms with Gasteiger partial charge < -0.3 is 4.98 Å². The average molecular weight is 698 g/mol. The smallest absolute Gasteiger partial charge is 0.0551 e. The van der Waals surface area contributed by atoms with Crippen molar-refractivity contribution in [3.8, 4) is 55.6 Å². The van der Waals surface area contributed by atoms with E-state index in [-0.39, 0.29) is 0 Å². The Morgan fingerprint density at radius 1 is 0.255 bits per heavy atom. The minimum absolute atomic E-state index is 1.13. The van der Waals surface area contributed by atoms with Crippen LogP contribution in [0.2, 0.25) is 0 Å². The van der Waals surface area contributed by atoms with Crippen LogP contribution in [-0.2, 0) is 0 Å². The van der Waals surface area contributed by atoms with Gasteiger partial charge in [0, 0.05) is 21.9 Å². The lowest BCUT2D eigenvalue weighted by Gasteiger charge is -2.23. The first-order valence-corrected chi connectivity index (χ1v) is 19.0. The highest BCUT2D eigenvalue weighted by atomic mass is 14.7. The summed E-state index contributed by atoms with van der Waals surface area (Å²) in [6, 6.07) is 75.5.